The molecule has 0 aliphatic carbocycles. The van der Waals surface area contributed by atoms with Crippen LogP contribution in [0.25, 0.3) is 0 Å². The van der Waals surface area contributed by atoms with Gasteiger partial charge in [0.25, 0.3) is 0 Å². The number of nitrogens with zero attached hydrogens (tertiary/aromatic N) is 1. The molecule has 0 aliphatic rings. The van der Waals surface area contributed by atoms with Crippen molar-refractivity contribution in [2.24, 2.45) is 5.92 Å². The van der Waals surface area contributed by atoms with Crippen LogP contribution >= 0.6 is 11.8 Å². The van der Waals surface area contributed by atoms with Crippen LogP contribution in [0.4, 0.5) is 17.1 Å². The highest BCUT2D eigenvalue weighted by molar-refractivity contribution is 8.13. The number of aromatic hydroxyl groups is 1. The Kier molecular flexibility index (Phi) is 11.2. The Morgan fingerprint density at radius 3 is 1.83 bits per heavy atom. The van der Waals surface area contributed by atoms with Crippen molar-refractivity contribution in [3.8, 4) is 5.75 Å². The van der Waals surface area contributed by atoms with Gasteiger partial charge in [0.2, 0.25) is 0 Å². The first kappa shape index (κ1) is 33.6. The van der Waals surface area contributed by atoms with Crippen molar-refractivity contribution in [1.82, 2.24) is 0 Å². The van der Waals surface area contributed by atoms with Gasteiger partial charge in [-0.05, 0) is 92.0 Å². The SMILES string of the molecule is CC(C)CC(C)N(c1ccc(Nc2ccccc2)cc1)[C@H](C)CCC(=O)Sc1cc(C(C)(C)C)c(O)c(C(C)(C)C)c1. The van der Waals surface area contributed by atoms with Crippen LogP contribution in [0.15, 0.2) is 71.6 Å². The van der Waals surface area contributed by atoms with Gasteiger partial charge in [-0.25, -0.2) is 0 Å². The van der Waals surface area contributed by atoms with Gasteiger partial charge >= 0.3 is 0 Å². The molecule has 0 amide bonds. The zero-order chi connectivity index (χ0) is 31.2. The molecule has 0 aromatic heterocycles. The van der Waals surface area contributed by atoms with E-state index in [-0.39, 0.29) is 22.0 Å². The molecule has 4 nitrogen and oxygen atoms in total. The summed E-state index contributed by atoms with van der Waals surface area (Å²) in [5.74, 6) is 0.926. The molecule has 0 spiro atoms. The molecule has 42 heavy (non-hydrogen) atoms. The molecule has 0 bridgehead atoms. The van der Waals surface area contributed by atoms with Crippen molar-refractivity contribution in [1.29, 1.82) is 0 Å². The molecule has 2 N–H and O–H groups in total. The first-order valence-electron chi connectivity index (χ1n) is 15.4. The minimum Gasteiger partial charge on any atom is -0.507 e. The second kappa shape index (κ2) is 14.0. The predicted molar refractivity (Wildman–Crippen MR) is 183 cm³/mol. The van der Waals surface area contributed by atoms with Crippen LogP contribution in [-0.4, -0.2) is 22.3 Å². The van der Waals surface area contributed by atoms with Gasteiger partial charge in [-0.2, -0.15) is 0 Å². The van der Waals surface area contributed by atoms with Gasteiger partial charge in [-0.15, -0.1) is 0 Å². The van der Waals surface area contributed by atoms with Crippen molar-refractivity contribution in [2.45, 2.75) is 116 Å². The molecule has 1 unspecified atom stereocenters. The Labute approximate surface area is 259 Å². The Morgan fingerprint density at radius 2 is 1.33 bits per heavy atom. The fourth-order valence-corrected chi connectivity index (χ4v) is 6.44. The van der Waals surface area contributed by atoms with E-state index in [0.717, 1.165) is 40.2 Å². The molecule has 3 aromatic rings. The third-order valence-electron chi connectivity index (χ3n) is 7.69. The number of carbonyl (C=O) groups excluding carboxylic acids is 1. The summed E-state index contributed by atoms with van der Waals surface area (Å²) >= 11 is 1.31. The lowest BCUT2D eigenvalue weighted by Crippen LogP contribution is -2.41. The molecule has 0 aliphatic heterocycles. The van der Waals surface area contributed by atoms with E-state index in [9.17, 15) is 9.90 Å². The number of hydrogen-bond donors (Lipinski definition) is 2. The van der Waals surface area contributed by atoms with E-state index in [0.29, 0.717) is 24.1 Å². The molecule has 0 radical (unpaired) electrons. The Morgan fingerprint density at radius 1 is 0.810 bits per heavy atom. The van der Waals surface area contributed by atoms with E-state index in [4.69, 9.17) is 0 Å². The number of nitrogens with one attached hydrogen (secondary N) is 1. The fraction of sp³-hybridized carbons (Fsp3) is 0.486. The summed E-state index contributed by atoms with van der Waals surface area (Å²) in [6, 6.07) is 23.4. The minimum atomic E-state index is -0.225. The van der Waals surface area contributed by atoms with Gasteiger partial charge in [0, 0.05) is 51.6 Å². The summed E-state index contributed by atoms with van der Waals surface area (Å²) in [4.78, 5) is 16.7. The molecule has 0 saturated heterocycles. The number of hydrogen-bond acceptors (Lipinski definition) is 5. The highest BCUT2D eigenvalue weighted by atomic mass is 32.2. The van der Waals surface area contributed by atoms with E-state index in [1.807, 2.05) is 30.3 Å². The Balaban J connectivity index is 1.76. The summed E-state index contributed by atoms with van der Waals surface area (Å²) in [6.45, 7) is 21.7. The maximum absolute atomic E-state index is 13.3. The Hall–Kier alpha value is -2.92. The van der Waals surface area contributed by atoms with Gasteiger partial charge in [-0.1, -0.05) is 85.4 Å². The molecular formula is C37H52N2O2S. The van der Waals surface area contributed by atoms with Gasteiger partial charge in [0.1, 0.15) is 5.75 Å². The maximum Gasteiger partial charge on any atom is 0.193 e. The lowest BCUT2D eigenvalue weighted by Gasteiger charge is -2.38. The van der Waals surface area contributed by atoms with Crippen molar-refractivity contribution >= 4 is 33.9 Å². The van der Waals surface area contributed by atoms with Gasteiger partial charge in [0.15, 0.2) is 5.12 Å². The number of carbonyl (C=O) groups is 1. The van der Waals surface area contributed by atoms with Crippen molar-refractivity contribution < 1.29 is 9.90 Å². The molecule has 3 rings (SSSR count). The van der Waals surface area contributed by atoms with Crippen LogP contribution in [-0.2, 0) is 15.6 Å². The second-order valence-electron chi connectivity index (χ2n) is 14.2. The number of para-hydroxylation sites is 1. The van der Waals surface area contributed by atoms with E-state index >= 15 is 0 Å². The smallest absolute Gasteiger partial charge is 0.193 e. The second-order valence-corrected chi connectivity index (χ2v) is 15.3. The first-order valence-corrected chi connectivity index (χ1v) is 16.2. The number of benzene rings is 3. The molecule has 0 heterocycles. The van der Waals surface area contributed by atoms with Crippen LogP contribution in [0, 0.1) is 5.92 Å². The first-order chi connectivity index (χ1) is 19.6. The topological polar surface area (TPSA) is 52.6 Å². The predicted octanol–water partition coefficient (Wildman–Crippen LogP) is 10.5. The molecule has 2 atom stereocenters. The minimum absolute atomic E-state index is 0.158. The van der Waals surface area contributed by atoms with Crippen molar-refractivity contribution in [2.75, 3.05) is 10.2 Å². The van der Waals surface area contributed by atoms with Crippen LogP contribution in [0.1, 0.15) is 99.6 Å². The highest BCUT2D eigenvalue weighted by Crippen LogP contribution is 2.42. The number of anilines is 3. The lowest BCUT2D eigenvalue weighted by atomic mass is 9.79. The van der Waals surface area contributed by atoms with E-state index in [1.165, 1.54) is 17.4 Å². The van der Waals surface area contributed by atoms with Gasteiger partial charge in [-0.3, -0.25) is 4.79 Å². The third kappa shape index (κ3) is 9.29. The quantitative estimate of drug-likeness (QED) is 0.218. The molecule has 0 fully saturated rings. The molecule has 5 heteroatoms. The molecular weight excluding hydrogens is 536 g/mol. The van der Waals surface area contributed by atoms with E-state index in [2.05, 4.69) is 116 Å². The number of phenols is 1. The van der Waals surface area contributed by atoms with E-state index < -0.39 is 0 Å². The number of rotatable bonds is 11. The van der Waals surface area contributed by atoms with Crippen LogP contribution < -0.4 is 10.2 Å². The van der Waals surface area contributed by atoms with E-state index in [1.54, 1.807) is 0 Å². The van der Waals surface area contributed by atoms with Gasteiger partial charge in [0.05, 0.1) is 0 Å². The monoisotopic (exact) mass is 588 g/mol. The number of phenolic OH excluding ortho intramolecular Hbond substituents is 1. The molecule has 228 valence electrons. The largest absolute Gasteiger partial charge is 0.507 e. The average molecular weight is 589 g/mol. The fourth-order valence-electron chi connectivity index (χ4n) is 5.60. The summed E-state index contributed by atoms with van der Waals surface area (Å²) < 4.78 is 0. The standard InChI is InChI=1S/C37H52N2O2S/c1-25(2)22-27(4)39(30-19-17-29(18-20-30)38-28-14-12-11-13-15-28)26(3)16-21-34(40)42-31-23-32(36(5,6)7)35(41)33(24-31)37(8,9)10/h11-15,17-20,23-27,38,41H,16,21-22H2,1-10H3/t26-,27?/m1/s1. The molecule has 0 saturated carbocycles. The van der Waals surface area contributed by atoms with Crippen LogP contribution in [0.3, 0.4) is 0 Å². The number of thioether (sulfide) groups is 1. The summed E-state index contributed by atoms with van der Waals surface area (Å²) in [7, 11) is 0. The third-order valence-corrected chi connectivity index (χ3v) is 8.59. The van der Waals surface area contributed by atoms with Crippen molar-refractivity contribution in [3.63, 3.8) is 0 Å². The van der Waals surface area contributed by atoms with Crippen molar-refractivity contribution in [3.05, 3.63) is 77.9 Å². The van der Waals surface area contributed by atoms with Crippen LogP contribution in [0.5, 0.6) is 5.75 Å². The van der Waals surface area contributed by atoms with Gasteiger partial charge < -0.3 is 15.3 Å². The summed E-state index contributed by atoms with van der Waals surface area (Å²) in [5.41, 5.74) is 4.62. The zero-order valence-corrected chi connectivity index (χ0v) is 28.2. The average Bonchev–Trinajstić information content (AvgIpc) is 2.88. The zero-order valence-electron chi connectivity index (χ0n) is 27.4. The molecule has 3 aromatic carbocycles. The highest BCUT2D eigenvalue weighted by Gasteiger charge is 2.28. The lowest BCUT2D eigenvalue weighted by molar-refractivity contribution is -0.111. The van der Waals surface area contributed by atoms with Crippen LogP contribution in [0.2, 0.25) is 0 Å². The maximum atomic E-state index is 13.3. The Bertz CT molecular complexity index is 1270. The summed E-state index contributed by atoms with van der Waals surface area (Å²) in [5, 5.41) is 14.7. The summed E-state index contributed by atoms with van der Waals surface area (Å²) in [6.07, 6.45) is 2.34. The normalized spacial score (nSPS) is 13.6.